The number of carbonyl (C=O) groups is 1. The van der Waals surface area contributed by atoms with E-state index in [1.807, 2.05) is 38.1 Å². The van der Waals surface area contributed by atoms with Gasteiger partial charge in [-0.3, -0.25) is 4.79 Å². The number of carbonyl (C=O) groups excluding carboxylic acids is 1. The molecule has 1 aromatic carbocycles. The maximum absolute atomic E-state index is 11.9. The van der Waals surface area contributed by atoms with Crippen LogP contribution in [0.5, 0.6) is 5.75 Å². The summed E-state index contributed by atoms with van der Waals surface area (Å²) in [6, 6.07) is 7.81. The van der Waals surface area contributed by atoms with Crippen LogP contribution in [0.25, 0.3) is 0 Å². The molecule has 1 rings (SSSR count). The summed E-state index contributed by atoms with van der Waals surface area (Å²) < 4.78 is 5.32. The van der Waals surface area contributed by atoms with E-state index in [0.29, 0.717) is 25.4 Å². The molecule has 2 atom stereocenters. The number of amides is 1. The molecule has 4 nitrogen and oxygen atoms in total. The Kier molecular flexibility index (Phi) is 6.36. The van der Waals surface area contributed by atoms with Gasteiger partial charge in [-0.05, 0) is 30.0 Å². The smallest absolute Gasteiger partial charge is 0.220 e. The van der Waals surface area contributed by atoms with Crippen LogP contribution < -0.4 is 15.8 Å². The molecule has 4 heteroatoms. The van der Waals surface area contributed by atoms with Gasteiger partial charge in [-0.2, -0.15) is 0 Å². The molecule has 0 bridgehead atoms. The molecule has 1 amide bonds. The Balaban J connectivity index is 2.54. The fourth-order valence-electron chi connectivity index (χ4n) is 1.91. The Bertz CT molecular complexity index is 407. The SMILES string of the molecule is COc1ccccc1C(C)CC(=O)NCC(C)CN. The Morgan fingerprint density at radius 2 is 2.05 bits per heavy atom. The predicted octanol–water partition coefficient (Wildman–Crippen LogP) is 1.90. The Morgan fingerprint density at radius 3 is 2.68 bits per heavy atom. The predicted molar refractivity (Wildman–Crippen MR) is 77.3 cm³/mol. The highest BCUT2D eigenvalue weighted by Gasteiger charge is 2.15. The summed E-state index contributed by atoms with van der Waals surface area (Å²) in [6.45, 7) is 5.27. The van der Waals surface area contributed by atoms with Gasteiger partial charge in [-0.1, -0.05) is 32.0 Å². The van der Waals surface area contributed by atoms with E-state index in [2.05, 4.69) is 5.32 Å². The monoisotopic (exact) mass is 264 g/mol. The molecule has 0 fully saturated rings. The van der Waals surface area contributed by atoms with Gasteiger partial charge >= 0.3 is 0 Å². The van der Waals surface area contributed by atoms with Gasteiger partial charge in [0.05, 0.1) is 7.11 Å². The third-order valence-electron chi connectivity index (χ3n) is 3.21. The average Bonchev–Trinajstić information content (AvgIpc) is 2.44. The number of rotatable bonds is 7. The van der Waals surface area contributed by atoms with Crippen molar-refractivity contribution in [3.8, 4) is 5.75 Å². The minimum Gasteiger partial charge on any atom is -0.496 e. The second-order valence-corrected chi connectivity index (χ2v) is 4.99. The zero-order valence-electron chi connectivity index (χ0n) is 12.0. The molecule has 0 heterocycles. The van der Waals surface area contributed by atoms with Crippen molar-refractivity contribution in [2.24, 2.45) is 11.7 Å². The maximum atomic E-state index is 11.9. The van der Waals surface area contributed by atoms with Crippen LogP contribution in [0.15, 0.2) is 24.3 Å². The average molecular weight is 264 g/mol. The lowest BCUT2D eigenvalue weighted by atomic mass is 9.96. The van der Waals surface area contributed by atoms with E-state index < -0.39 is 0 Å². The number of ether oxygens (including phenoxy) is 1. The summed E-state index contributed by atoms with van der Waals surface area (Å²) in [5, 5.41) is 2.91. The number of methoxy groups -OCH3 is 1. The first kappa shape index (κ1) is 15.5. The van der Waals surface area contributed by atoms with Crippen LogP contribution in [0.1, 0.15) is 31.7 Å². The van der Waals surface area contributed by atoms with Crippen LogP contribution in [0.4, 0.5) is 0 Å². The van der Waals surface area contributed by atoms with Crippen LogP contribution in [-0.4, -0.2) is 26.1 Å². The minimum absolute atomic E-state index is 0.0544. The van der Waals surface area contributed by atoms with Crippen LogP contribution in [0.3, 0.4) is 0 Å². The number of nitrogens with one attached hydrogen (secondary N) is 1. The van der Waals surface area contributed by atoms with E-state index in [1.54, 1.807) is 7.11 Å². The number of hydrogen-bond acceptors (Lipinski definition) is 3. The molecule has 0 saturated carbocycles. The first-order valence-electron chi connectivity index (χ1n) is 6.68. The van der Waals surface area contributed by atoms with Crippen LogP contribution in [0, 0.1) is 5.92 Å². The van der Waals surface area contributed by atoms with Crippen molar-refractivity contribution in [3.05, 3.63) is 29.8 Å². The highest BCUT2D eigenvalue weighted by molar-refractivity contribution is 5.77. The summed E-state index contributed by atoms with van der Waals surface area (Å²) in [5.41, 5.74) is 6.58. The Labute approximate surface area is 115 Å². The van der Waals surface area contributed by atoms with Crippen molar-refractivity contribution in [1.82, 2.24) is 5.32 Å². The molecule has 1 aromatic rings. The molecule has 0 aliphatic carbocycles. The fourth-order valence-corrected chi connectivity index (χ4v) is 1.91. The zero-order valence-corrected chi connectivity index (χ0v) is 12.0. The van der Waals surface area contributed by atoms with Crippen molar-refractivity contribution in [2.75, 3.05) is 20.2 Å². The third kappa shape index (κ3) is 4.91. The normalized spacial score (nSPS) is 13.7. The molecule has 2 unspecified atom stereocenters. The molecule has 0 saturated heterocycles. The van der Waals surface area contributed by atoms with Crippen LogP contribution in [0.2, 0.25) is 0 Å². The van der Waals surface area contributed by atoms with Gasteiger partial charge in [0, 0.05) is 13.0 Å². The van der Waals surface area contributed by atoms with E-state index in [9.17, 15) is 4.79 Å². The van der Waals surface area contributed by atoms with Crippen molar-refractivity contribution < 1.29 is 9.53 Å². The van der Waals surface area contributed by atoms with Gasteiger partial charge in [-0.15, -0.1) is 0 Å². The van der Waals surface area contributed by atoms with E-state index in [4.69, 9.17) is 10.5 Å². The number of para-hydroxylation sites is 1. The molecule has 0 radical (unpaired) electrons. The Morgan fingerprint density at radius 1 is 1.37 bits per heavy atom. The van der Waals surface area contributed by atoms with E-state index >= 15 is 0 Å². The molecule has 0 aliphatic heterocycles. The molecule has 106 valence electrons. The van der Waals surface area contributed by atoms with Gasteiger partial charge in [0.25, 0.3) is 0 Å². The van der Waals surface area contributed by atoms with Gasteiger partial charge < -0.3 is 15.8 Å². The van der Waals surface area contributed by atoms with Crippen molar-refractivity contribution in [2.45, 2.75) is 26.2 Å². The van der Waals surface area contributed by atoms with E-state index in [1.165, 1.54) is 0 Å². The van der Waals surface area contributed by atoms with Gasteiger partial charge in [-0.25, -0.2) is 0 Å². The van der Waals surface area contributed by atoms with Crippen molar-refractivity contribution in [1.29, 1.82) is 0 Å². The highest BCUT2D eigenvalue weighted by Crippen LogP contribution is 2.28. The molecule has 0 aliphatic rings. The van der Waals surface area contributed by atoms with Crippen molar-refractivity contribution in [3.63, 3.8) is 0 Å². The van der Waals surface area contributed by atoms with Gasteiger partial charge in [0.2, 0.25) is 5.91 Å². The first-order valence-corrected chi connectivity index (χ1v) is 6.68. The summed E-state index contributed by atoms with van der Waals surface area (Å²) in [7, 11) is 1.65. The number of hydrogen-bond donors (Lipinski definition) is 2. The number of nitrogens with two attached hydrogens (primary N) is 1. The molecule has 19 heavy (non-hydrogen) atoms. The zero-order chi connectivity index (χ0) is 14.3. The lowest BCUT2D eigenvalue weighted by molar-refractivity contribution is -0.121. The minimum atomic E-state index is 0.0544. The quantitative estimate of drug-likeness (QED) is 0.790. The summed E-state index contributed by atoms with van der Waals surface area (Å²) in [5.74, 6) is 1.33. The van der Waals surface area contributed by atoms with E-state index in [0.717, 1.165) is 11.3 Å². The van der Waals surface area contributed by atoms with Gasteiger partial charge in [0.1, 0.15) is 5.75 Å². The van der Waals surface area contributed by atoms with E-state index in [-0.39, 0.29) is 11.8 Å². The van der Waals surface area contributed by atoms with Crippen molar-refractivity contribution >= 4 is 5.91 Å². The van der Waals surface area contributed by atoms with Crippen LogP contribution in [-0.2, 0) is 4.79 Å². The second kappa shape index (κ2) is 7.79. The number of benzene rings is 1. The topological polar surface area (TPSA) is 64.3 Å². The molecule has 0 spiro atoms. The van der Waals surface area contributed by atoms with Crippen LogP contribution >= 0.6 is 0 Å². The molecular formula is C15H24N2O2. The molecular weight excluding hydrogens is 240 g/mol. The molecule has 3 N–H and O–H groups in total. The summed E-state index contributed by atoms with van der Waals surface area (Å²) in [4.78, 5) is 11.9. The highest BCUT2D eigenvalue weighted by atomic mass is 16.5. The lowest BCUT2D eigenvalue weighted by Crippen LogP contribution is -2.31. The lowest BCUT2D eigenvalue weighted by Gasteiger charge is -2.16. The molecule has 0 aromatic heterocycles. The summed E-state index contributed by atoms with van der Waals surface area (Å²) in [6.07, 6.45) is 0.456. The standard InChI is InChI=1S/C15H24N2O2/c1-11(9-16)10-17-15(18)8-12(2)13-6-4-5-7-14(13)19-3/h4-7,11-12H,8-10,16H2,1-3H3,(H,17,18). The first-order chi connectivity index (χ1) is 9.08. The maximum Gasteiger partial charge on any atom is 0.220 e. The van der Waals surface area contributed by atoms with Gasteiger partial charge in [0.15, 0.2) is 0 Å². The largest absolute Gasteiger partial charge is 0.496 e. The summed E-state index contributed by atoms with van der Waals surface area (Å²) >= 11 is 0. The Hall–Kier alpha value is -1.55. The third-order valence-corrected chi connectivity index (χ3v) is 3.21. The fraction of sp³-hybridized carbons (Fsp3) is 0.533. The second-order valence-electron chi connectivity index (χ2n) is 4.99.